The molecule has 19 heavy (non-hydrogen) atoms. The summed E-state index contributed by atoms with van der Waals surface area (Å²) in [7, 11) is 0. The monoisotopic (exact) mass is 278 g/mol. The average Bonchev–Trinajstić information content (AvgIpc) is 2.39. The first kappa shape index (κ1) is 14.0. The maximum absolute atomic E-state index is 12.8. The van der Waals surface area contributed by atoms with Crippen molar-refractivity contribution in [2.45, 2.75) is 25.9 Å². The number of nitrogens with one attached hydrogen (secondary N) is 1. The highest BCUT2D eigenvalue weighted by atomic mass is 35.5. The van der Waals surface area contributed by atoms with E-state index in [0.29, 0.717) is 0 Å². The van der Waals surface area contributed by atoms with Crippen molar-refractivity contribution in [1.29, 1.82) is 0 Å². The van der Waals surface area contributed by atoms with Crippen molar-refractivity contribution in [3.8, 4) is 0 Å². The van der Waals surface area contributed by atoms with Crippen molar-refractivity contribution in [3.05, 3.63) is 64.7 Å². The standard InChI is InChI=1S/C15H16ClFN2/c1-10(13-5-3-4-6-14(13)16)19-11(2)15-8-7-12(17)9-18-15/h3-11,19H,1-2H3/t10-,11?/m0/s1. The van der Waals surface area contributed by atoms with Crippen molar-refractivity contribution in [2.24, 2.45) is 0 Å². The molecule has 0 aliphatic rings. The molecule has 2 rings (SSSR count). The zero-order valence-corrected chi connectivity index (χ0v) is 11.7. The number of nitrogens with zero attached hydrogens (tertiary/aromatic N) is 1. The van der Waals surface area contributed by atoms with Crippen molar-refractivity contribution >= 4 is 11.6 Å². The molecule has 0 spiro atoms. The molecule has 0 fully saturated rings. The predicted molar refractivity (Wildman–Crippen MR) is 75.6 cm³/mol. The van der Waals surface area contributed by atoms with Crippen LogP contribution in [0.15, 0.2) is 42.6 Å². The van der Waals surface area contributed by atoms with Crippen LogP contribution < -0.4 is 5.32 Å². The minimum absolute atomic E-state index is 0.0203. The SMILES string of the molecule is CC(N[C@@H](C)c1ccccc1Cl)c1ccc(F)cn1. The molecule has 0 aliphatic carbocycles. The molecule has 0 bridgehead atoms. The molecule has 1 heterocycles. The minimum Gasteiger partial charge on any atom is -0.302 e. The number of aromatic nitrogens is 1. The van der Waals surface area contributed by atoms with Gasteiger partial charge in [0.25, 0.3) is 0 Å². The molecule has 0 radical (unpaired) electrons. The molecular formula is C15H16ClFN2. The first-order valence-corrected chi connectivity index (χ1v) is 6.57. The highest BCUT2D eigenvalue weighted by Crippen LogP contribution is 2.24. The second-order valence-corrected chi connectivity index (χ2v) is 4.94. The quantitative estimate of drug-likeness (QED) is 0.903. The smallest absolute Gasteiger partial charge is 0.141 e. The molecular weight excluding hydrogens is 263 g/mol. The molecule has 1 unspecified atom stereocenters. The van der Waals surface area contributed by atoms with Gasteiger partial charge >= 0.3 is 0 Å². The van der Waals surface area contributed by atoms with Gasteiger partial charge in [-0.25, -0.2) is 4.39 Å². The largest absolute Gasteiger partial charge is 0.302 e. The number of halogens is 2. The van der Waals surface area contributed by atoms with Gasteiger partial charge in [-0.05, 0) is 37.6 Å². The molecule has 100 valence electrons. The molecule has 1 aromatic heterocycles. The third kappa shape index (κ3) is 3.52. The van der Waals surface area contributed by atoms with E-state index in [4.69, 9.17) is 11.6 Å². The summed E-state index contributed by atoms with van der Waals surface area (Å²) in [5.74, 6) is -0.324. The predicted octanol–water partition coefficient (Wildman–Crippen LogP) is 4.29. The third-order valence-electron chi connectivity index (χ3n) is 3.07. The lowest BCUT2D eigenvalue weighted by Crippen LogP contribution is -2.23. The Hall–Kier alpha value is -1.45. The summed E-state index contributed by atoms with van der Waals surface area (Å²) < 4.78 is 12.8. The van der Waals surface area contributed by atoms with Crippen molar-refractivity contribution in [3.63, 3.8) is 0 Å². The van der Waals surface area contributed by atoms with Gasteiger partial charge in [0.2, 0.25) is 0 Å². The maximum Gasteiger partial charge on any atom is 0.141 e. The fraction of sp³-hybridized carbons (Fsp3) is 0.267. The summed E-state index contributed by atoms with van der Waals surface area (Å²) in [6.45, 7) is 4.04. The van der Waals surface area contributed by atoms with E-state index < -0.39 is 0 Å². The van der Waals surface area contributed by atoms with E-state index in [1.54, 1.807) is 6.07 Å². The first-order chi connectivity index (χ1) is 9.08. The van der Waals surface area contributed by atoms with Crippen LogP contribution in [0.5, 0.6) is 0 Å². The molecule has 0 saturated heterocycles. The summed E-state index contributed by atoms with van der Waals surface area (Å²) in [6.07, 6.45) is 1.23. The summed E-state index contributed by atoms with van der Waals surface area (Å²) in [5.41, 5.74) is 1.85. The van der Waals surface area contributed by atoms with Crippen molar-refractivity contribution in [1.82, 2.24) is 10.3 Å². The molecule has 2 nitrogen and oxygen atoms in total. The number of hydrogen-bond donors (Lipinski definition) is 1. The Morgan fingerprint density at radius 2 is 1.84 bits per heavy atom. The van der Waals surface area contributed by atoms with Crippen LogP contribution >= 0.6 is 11.6 Å². The fourth-order valence-corrected chi connectivity index (χ4v) is 2.32. The normalized spacial score (nSPS) is 14.1. The molecule has 1 N–H and O–H groups in total. The maximum atomic E-state index is 12.8. The molecule has 0 aliphatic heterocycles. The lowest BCUT2D eigenvalue weighted by molar-refractivity contribution is 0.484. The Morgan fingerprint density at radius 1 is 1.11 bits per heavy atom. The summed E-state index contributed by atoms with van der Waals surface area (Å²) in [4.78, 5) is 4.08. The van der Waals surface area contributed by atoms with Crippen molar-refractivity contribution < 1.29 is 4.39 Å². The lowest BCUT2D eigenvalue weighted by Gasteiger charge is -2.20. The highest BCUT2D eigenvalue weighted by Gasteiger charge is 2.14. The van der Waals surface area contributed by atoms with Crippen LogP contribution in [0.1, 0.15) is 37.2 Å². The van der Waals surface area contributed by atoms with Gasteiger partial charge in [-0.1, -0.05) is 29.8 Å². The van der Waals surface area contributed by atoms with Gasteiger partial charge in [0.05, 0.1) is 11.9 Å². The summed E-state index contributed by atoms with van der Waals surface area (Å²) >= 11 is 6.16. The Kier molecular flexibility index (Phi) is 4.51. The van der Waals surface area contributed by atoms with Gasteiger partial charge in [-0.15, -0.1) is 0 Å². The number of pyridine rings is 1. The Balaban J connectivity index is 2.08. The highest BCUT2D eigenvalue weighted by molar-refractivity contribution is 6.31. The minimum atomic E-state index is -0.324. The van der Waals surface area contributed by atoms with E-state index in [0.717, 1.165) is 16.3 Å². The van der Waals surface area contributed by atoms with Crippen molar-refractivity contribution in [2.75, 3.05) is 0 Å². The van der Waals surface area contributed by atoms with Crippen LogP contribution in [-0.4, -0.2) is 4.98 Å². The zero-order chi connectivity index (χ0) is 13.8. The Morgan fingerprint density at radius 3 is 2.47 bits per heavy atom. The van der Waals surface area contributed by atoms with Crippen LogP contribution in [0.25, 0.3) is 0 Å². The van der Waals surface area contributed by atoms with E-state index in [-0.39, 0.29) is 17.9 Å². The fourth-order valence-electron chi connectivity index (χ4n) is 2.02. The van der Waals surface area contributed by atoms with Gasteiger partial charge < -0.3 is 5.32 Å². The Labute approximate surface area is 117 Å². The van der Waals surface area contributed by atoms with E-state index in [1.807, 2.05) is 38.1 Å². The number of benzene rings is 1. The molecule has 2 aromatic rings. The van der Waals surface area contributed by atoms with Crippen LogP contribution in [0, 0.1) is 5.82 Å². The van der Waals surface area contributed by atoms with Crippen LogP contribution in [0.4, 0.5) is 4.39 Å². The molecule has 2 atom stereocenters. The second kappa shape index (κ2) is 6.13. The van der Waals surface area contributed by atoms with E-state index in [9.17, 15) is 4.39 Å². The van der Waals surface area contributed by atoms with E-state index in [1.165, 1.54) is 12.3 Å². The van der Waals surface area contributed by atoms with Gasteiger partial charge in [0.1, 0.15) is 5.82 Å². The van der Waals surface area contributed by atoms with Gasteiger partial charge in [-0.3, -0.25) is 4.98 Å². The Bertz CT molecular complexity index is 542. The van der Waals surface area contributed by atoms with Crippen LogP contribution in [-0.2, 0) is 0 Å². The average molecular weight is 279 g/mol. The van der Waals surface area contributed by atoms with Gasteiger partial charge in [0, 0.05) is 17.1 Å². The summed E-state index contributed by atoms with van der Waals surface area (Å²) in [5, 5.41) is 4.14. The second-order valence-electron chi connectivity index (χ2n) is 4.53. The molecule has 0 amide bonds. The van der Waals surface area contributed by atoms with Gasteiger partial charge in [-0.2, -0.15) is 0 Å². The first-order valence-electron chi connectivity index (χ1n) is 6.20. The lowest BCUT2D eigenvalue weighted by atomic mass is 10.1. The van der Waals surface area contributed by atoms with Gasteiger partial charge in [0.15, 0.2) is 0 Å². The molecule has 4 heteroatoms. The van der Waals surface area contributed by atoms with E-state index in [2.05, 4.69) is 10.3 Å². The molecule has 1 aromatic carbocycles. The zero-order valence-electron chi connectivity index (χ0n) is 10.9. The third-order valence-corrected chi connectivity index (χ3v) is 3.41. The molecule has 0 saturated carbocycles. The van der Waals surface area contributed by atoms with Crippen LogP contribution in [0.2, 0.25) is 5.02 Å². The van der Waals surface area contributed by atoms with Crippen LogP contribution in [0.3, 0.4) is 0 Å². The summed E-state index contributed by atoms with van der Waals surface area (Å²) in [6, 6.07) is 10.9. The number of hydrogen-bond acceptors (Lipinski definition) is 2. The topological polar surface area (TPSA) is 24.9 Å². The van der Waals surface area contributed by atoms with E-state index >= 15 is 0 Å². The number of rotatable bonds is 4.